The van der Waals surface area contributed by atoms with Crippen LogP contribution in [0.25, 0.3) is 0 Å². The minimum absolute atomic E-state index is 1.05. The van der Waals surface area contributed by atoms with Crippen molar-refractivity contribution in [3.8, 4) is 0 Å². The van der Waals surface area contributed by atoms with Crippen molar-refractivity contribution in [3.05, 3.63) is 12.2 Å². The highest BCUT2D eigenvalue weighted by Crippen LogP contribution is 2.48. The molecule has 22 heavy (non-hydrogen) atoms. The first-order chi connectivity index (χ1) is 10.9. The van der Waals surface area contributed by atoms with Gasteiger partial charge in [0.15, 0.2) is 0 Å². The van der Waals surface area contributed by atoms with Gasteiger partial charge in [0.25, 0.3) is 0 Å². The van der Waals surface area contributed by atoms with Gasteiger partial charge in [-0.15, -0.1) is 0 Å². The van der Waals surface area contributed by atoms with E-state index in [1.54, 1.807) is 38.5 Å². The SMILES string of the molecule is C(=CCC1CCC2CCCCC12)CC1CCC2CCCCC12. The maximum atomic E-state index is 2.60. The molecule has 0 bridgehead atoms. The van der Waals surface area contributed by atoms with Gasteiger partial charge in [-0.2, -0.15) is 0 Å². The molecule has 0 N–H and O–H groups in total. The predicted octanol–water partition coefficient (Wildman–Crippen LogP) is 6.76. The fourth-order valence-electron chi connectivity index (χ4n) is 6.84. The molecule has 0 nitrogen and oxygen atoms in total. The number of allylic oxidation sites excluding steroid dienone is 2. The standard InChI is InChI=1S/C22H36/c1(7-17-13-15-19-9-3-5-11-21(17)19)2-8-18-14-16-20-10-4-6-12-22(18)20/h1-2,17-22H,3-16H2. The lowest BCUT2D eigenvalue weighted by atomic mass is 9.76. The Balaban J connectivity index is 1.23. The van der Waals surface area contributed by atoms with Crippen LogP contribution in [0.1, 0.15) is 89.9 Å². The first-order valence-corrected chi connectivity index (χ1v) is 10.6. The van der Waals surface area contributed by atoms with Crippen LogP contribution in [0.15, 0.2) is 12.2 Å². The summed E-state index contributed by atoms with van der Waals surface area (Å²) in [5.74, 6) is 6.54. The van der Waals surface area contributed by atoms with Gasteiger partial charge in [-0.25, -0.2) is 0 Å². The van der Waals surface area contributed by atoms with Gasteiger partial charge in [0.1, 0.15) is 0 Å². The molecule has 0 heteroatoms. The van der Waals surface area contributed by atoms with Gasteiger partial charge >= 0.3 is 0 Å². The highest BCUT2D eigenvalue weighted by atomic mass is 14.4. The molecule has 4 aliphatic rings. The lowest BCUT2D eigenvalue weighted by Crippen LogP contribution is -2.19. The average Bonchev–Trinajstić information content (AvgIpc) is 3.16. The fraction of sp³-hybridized carbons (Fsp3) is 0.909. The van der Waals surface area contributed by atoms with E-state index in [9.17, 15) is 0 Å². The van der Waals surface area contributed by atoms with E-state index >= 15 is 0 Å². The molecule has 4 saturated carbocycles. The largest absolute Gasteiger partial charge is 0.0882 e. The van der Waals surface area contributed by atoms with E-state index in [1.807, 2.05) is 0 Å². The Labute approximate surface area is 138 Å². The van der Waals surface area contributed by atoms with Crippen molar-refractivity contribution >= 4 is 0 Å². The van der Waals surface area contributed by atoms with Crippen molar-refractivity contribution in [2.75, 3.05) is 0 Å². The minimum Gasteiger partial charge on any atom is -0.0882 e. The Morgan fingerprint density at radius 3 is 1.45 bits per heavy atom. The normalized spacial score (nSPS) is 45.1. The van der Waals surface area contributed by atoms with Gasteiger partial charge in [0.2, 0.25) is 0 Å². The molecular weight excluding hydrogens is 264 g/mol. The van der Waals surface area contributed by atoms with E-state index in [2.05, 4.69) is 12.2 Å². The van der Waals surface area contributed by atoms with Crippen LogP contribution in [-0.4, -0.2) is 0 Å². The second kappa shape index (κ2) is 7.10. The van der Waals surface area contributed by atoms with Crippen LogP contribution in [0.2, 0.25) is 0 Å². The van der Waals surface area contributed by atoms with Crippen molar-refractivity contribution in [1.82, 2.24) is 0 Å². The summed E-state index contributed by atoms with van der Waals surface area (Å²) >= 11 is 0. The molecule has 4 fully saturated rings. The zero-order valence-electron chi connectivity index (χ0n) is 14.5. The fourth-order valence-corrected chi connectivity index (χ4v) is 6.84. The zero-order chi connectivity index (χ0) is 14.8. The van der Waals surface area contributed by atoms with Crippen LogP contribution in [0, 0.1) is 35.5 Å². The van der Waals surface area contributed by atoms with Crippen LogP contribution >= 0.6 is 0 Å². The molecule has 0 amide bonds. The van der Waals surface area contributed by atoms with E-state index in [-0.39, 0.29) is 0 Å². The Morgan fingerprint density at radius 1 is 0.500 bits per heavy atom. The Kier molecular flexibility index (Phi) is 4.93. The molecule has 0 aromatic rings. The Bertz CT molecular complexity index is 345. The summed E-state index contributed by atoms with van der Waals surface area (Å²) in [4.78, 5) is 0. The maximum Gasteiger partial charge on any atom is -0.0319 e. The van der Waals surface area contributed by atoms with E-state index in [1.165, 1.54) is 51.4 Å². The Hall–Kier alpha value is -0.260. The molecule has 0 aromatic heterocycles. The third-order valence-corrected chi connectivity index (χ3v) is 8.01. The second-order valence-electron chi connectivity index (χ2n) is 9.03. The molecule has 0 spiro atoms. The molecule has 0 saturated heterocycles. The number of fused-ring (bicyclic) bond motifs is 2. The van der Waals surface area contributed by atoms with Gasteiger partial charge in [-0.1, -0.05) is 50.7 Å². The van der Waals surface area contributed by atoms with E-state index < -0.39 is 0 Å². The summed E-state index contributed by atoms with van der Waals surface area (Å²) in [6.45, 7) is 0. The summed E-state index contributed by atoms with van der Waals surface area (Å²) in [6, 6.07) is 0. The first-order valence-electron chi connectivity index (χ1n) is 10.6. The predicted molar refractivity (Wildman–Crippen MR) is 94.7 cm³/mol. The van der Waals surface area contributed by atoms with Crippen molar-refractivity contribution in [2.45, 2.75) is 89.9 Å². The smallest absolute Gasteiger partial charge is 0.0319 e. The third-order valence-electron chi connectivity index (χ3n) is 8.01. The number of hydrogen-bond donors (Lipinski definition) is 0. The summed E-state index contributed by atoms with van der Waals surface area (Å²) in [5, 5.41) is 0. The molecule has 0 radical (unpaired) electrons. The van der Waals surface area contributed by atoms with Crippen LogP contribution in [0.3, 0.4) is 0 Å². The van der Waals surface area contributed by atoms with Gasteiger partial charge in [0, 0.05) is 0 Å². The van der Waals surface area contributed by atoms with Crippen molar-refractivity contribution in [2.24, 2.45) is 35.5 Å². The van der Waals surface area contributed by atoms with Crippen molar-refractivity contribution in [3.63, 3.8) is 0 Å². The van der Waals surface area contributed by atoms with Crippen LogP contribution in [0.4, 0.5) is 0 Å². The second-order valence-corrected chi connectivity index (χ2v) is 9.03. The third kappa shape index (κ3) is 3.17. The van der Waals surface area contributed by atoms with E-state index in [0.717, 1.165) is 35.5 Å². The molecule has 4 aliphatic carbocycles. The van der Waals surface area contributed by atoms with Crippen LogP contribution in [0.5, 0.6) is 0 Å². The first kappa shape index (κ1) is 15.3. The average molecular weight is 301 g/mol. The quantitative estimate of drug-likeness (QED) is 0.503. The van der Waals surface area contributed by atoms with E-state index in [4.69, 9.17) is 0 Å². The zero-order valence-corrected chi connectivity index (χ0v) is 14.5. The van der Waals surface area contributed by atoms with Crippen LogP contribution in [-0.2, 0) is 0 Å². The highest BCUT2D eigenvalue weighted by Gasteiger charge is 2.37. The van der Waals surface area contributed by atoms with Crippen molar-refractivity contribution < 1.29 is 0 Å². The molecule has 124 valence electrons. The lowest BCUT2D eigenvalue weighted by molar-refractivity contribution is 0.226. The molecule has 6 unspecified atom stereocenters. The number of hydrogen-bond acceptors (Lipinski definition) is 0. The number of rotatable bonds is 4. The highest BCUT2D eigenvalue weighted by molar-refractivity contribution is 4.96. The minimum atomic E-state index is 1.05. The Morgan fingerprint density at radius 2 is 0.955 bits per heavy atom. The molecule has 4 rings (SSSR count). The molecule has 0 aromatic carbocycles. The molecular formula is C22H36. The summed E-state index contributed by atoms with van der Waals surface area (Å²) in [6.07, 6.45) is 26.5. The topological polar surface area (TPSA) is 0 Å². The molecule has 0 heterocycles. The van der Waals surface area contributed by atoms with Crippen LogP contribution < -0.4 is 0 Å². The lowest BCUT2D eigenvalue weighted by Gasteiger charge is -2.29. The van der Waals surface area contributed by atoms with Gasteiger partial charge < -0.3 is 0 Å². The monoisotopic (exact) mass is 300 g/mol. The van der Waals surface area contributed by atoms with E-state index in [0.29, 0.717) is 0 Å². The molecule has 6 atom stereocenters. The summed E-state index contributed by atoms with van der Waals surface area (Å²) < 4.78 is 0. The van der Waals surface area contributed by atoms with Gasteiger partial charge in [-0.3, -0.25) is 0 Å². The molecule has 0 aliphatic heterocycles. The van der Waals surface area contributed by atoms with Gasteiger partial charge in [-0.05, 0) is 86.9 Å². The van der Waals surface area contributed by atoms with Crippen molar-refractivity contribution in [1.29, 1.82) is 0 Å². The maximum absolute atomic E-state index is 2.60. The summed E-state index contributed by atoms with van der Waals surface area (Å²) in [5.41, 5.74) is 0. The summed E-state index contributed by atoms with van der Waals surface area (Å²) in [7, 11) is 0. The van der Waals surface area contributed by atoms with Gasteiger partial charge in [0.05, 0.1) is 0 Å².